The van der Waals surface area contributed by atoms with Crippen molar-refractivity contribution in [3.05, 3.63) is 42.1 Å². The van der Waals surface area contributed by atoms with Gasteiger partial charge < -0.3 is 10.0 Å². The van der Waals surface area contributed by atoms with Crippen molar-refractivity contribution >= 4 is 16.8 Å². The second-order valence-electron chi connectivity index (χ2n) is 5.55. The molecule has 1 fully saturated rings. The van der Waals surface area contributed by atoms with Crippen molar-refractivity contribution in [3.63, 3.8) is 0 Å². The lowest BCUT2D eigenvalue weighted by molar-refractivity contribution is 0.0266. The summed E-state index contributed by atoms with van der Waals surface area (Å²) in [6, 6.07) is 9.40. The van der Waals surface area contributed by atoms with Gasteiger partial charge in [0.15, 0.2) is 0 Å². The number of hydrogen-bond donors (Lipinski definition) is 1. The predicted molar refractivity (Wildman–Crippen MR) is 77.4 cm³/mol. The van der Waals surface area contributed by atoms with Gasteiger partial charge in [-0.15, -0.1) is 0 Å². The first-order valence-corrected chi connectivity index (χ1v) is 6.92. The Morgan fingerprint density at radius 2 is 2.15 bits per heavy atom. The van der Waals surface area contributed by atoms with Gasteiger partial charge in [0.1, 0.15) is 0 Å². The molecule has 1 saturated carbocycles. The third-order valence-corrected chi connectivity index (χ3v) is 3.97. The fraction of sp³-hybridized carbons (Fsp3) is 0.375. The van der Waals surface area contributed by atoms with Crippen LogP contribution in [-0.4, -0.2) is 40.6 Å². The van der Waals surface area contributed by atoms with E-state index >= 15 is 0 Å². The summed E-state index contributed by atoms with van der Waals surface area (Å²) in [5.41, 5.74) is 1.53. The molecule has 0 atom stereocenters. The molecule has 104 valence electrons. The van der Waals surface area contributed by atoms with E-state index in [-0.39, 0.29) is 12.0 Å². The summed E-state index contributed by atoms with van der Waals surface area (Å²) in [6.45, 7) is 0.701. The van der Waals surface area contributed by atoms with Crippen LogP contribution in [0.5, 0.6) is 0 Å². The van der Waals surface area contributed by atoms with Crippen molar-refractivity contribution < 1.29 is 9.90 Å². The van der Waals surface area contributed by atoms with Crippen molar-refractivity contribution in [3.8, 4) is 0 Å². The van der Waals surface area contributed by atoms with Crippen molar-refractivity contribution in [2.75, 3.05) is 13.6 Å². The zero-order valence-electron chi connectivity index (χ0n) is 11.5. The van der Waals surface area contributed by atoms with Gasteiger partial charge in [0.2, 0.25) is 0 Å². The number of nitrogens with zero attached hydrogens (tertiary/aromatic N) is 2. The smallest absolute Gasteiger partial charge is 0.254 e. The van der Waals surface area contributed by atoms with Gasteiger partial charge in [-0.2, -0.15) is 0 Å². The molecule has 1 aromatic heterocycles. The lowest BCUT2D eigenvalue weighted by Crippen LogP contribution is -2.39. The minimum Gasteiger partial charge on any atom is -0.393 e. The van der Waals surface area contributed by atoms with Crippen molar-refractivity contribution in [1.82, 2.24) is 9.88 Å². The Hall–Kier alpha value is -1.94. The SMILES string of the molecule is CN(CC1CC(O)C1)C(=O)c1cccc2ncccc12. The molecule has 2 aromatic rings. The molecule has 1 aromatic carbocycles. The van der Waals surface area contributed by atoms with E-state index in [9.17, 15) is 9.90 Å². The third kappa shape index (κ3) is 2.39. The quantitative estimate of drug-likeness (QED) is 0.929. The van der Waals surface area contributed by atoms with E-state index in [1.54, 1.807) is 11.1 Å². The van der Waals surface area contributed by atoms with Gasteiger partial charge in [0.05, 0.1) is 11.6 Å². The van der Waals surface area contributed by atoms with Gasteiger partial charge in [0, 0.05) is 30.7 Å². The Kier molecular flexibility index (Phi) is 3.40. The summed E-state index contributed by atoms with van der Waals surface area (Å²) in [4.78, 5) is 18.6. The van der Waals surface area contributed by atoms with E-state index in [4.69, 9.17) is 0 Å². The van der Waals surface area contributed by atoms with Crippen LogP contribution in [0.3, 0.4) is 0 Å². The van der Waals surface area contributed by atoms with E-state index in [1.165, 1.54) is 0 Å². The molecule has 1 aliphatic rings. The number of rotatable bonds is 3. The first-order chi connectivity index (χ1) is 9.65. The number of aliphatic hydroxyl groups is 1. The van der Waals surface area contributed by atoms with E-state index < -0.39 is 0 Å². The highest BCUT2D eigenvalue weighted by atomic mass is 16.3. The average Bonchev–Trinajstić information content (AvgIpc) is 2.44. The number of aliphatic hydroxyl groups excluding tert-OH is 1. The summed E-state index contributed by atoms with van der Waals surface area (Å²) in [7, 11) is 1.82. The van der Waals surface area contributed by atoms with Crippen LogP contribution < -0.4 is 0 Å². The number of carbonyl (C=O) groups excluding carboxylic acids is 1. The van der Waals surface area contributed by atoms with Gasteiger partial charge in [-0.3, -0.25) is 9.78 Å². The zero-order valence-corrected chi connectivity index (χ0v) is 11.5. The first kappa shape index (κ1) is 13.1. The second kappa shape index (κ2) is 5.21. The molecular formula is C16H18N2O2. The summed E-state index contributed by atoms with van der Waals surface area (Å²) < 4.78 is 0. The van der Waals surface area contributed by atoms with Crippen LogP contribution in [0.2, 0.25) is 0 Å². The molecule has 4 heteroatoms. The first-order valence-electron chi connectivity index (χ1n) is 6.92. The lowest BCUT2D eigenvalue weighted by Gasteiger charge is -2.34. The molecule has 0 aliphatic heterocycles. The highest BCUT2D eigenvalue weighted by Crippen LogP contribution is 2.28. The Morgan fingerprint density at radius 1 is 1.35 bits per heavy atom. The molecule has 1 amide bonds. The Morgan fingerprint density at radius 3 is 2.90 bits per heavy atom. The summed E-state index contributed by atoms with van der Waals surface area (Å²) in [5, 5.41) is 10.2. The van der Waals surface area contributed by atoms with Crippen molar-refractivity contribution in [1.29, 1.82) is 0 Å². The predicted octanol–water partition coefficient (Wildman–Crippen LogP) is 2.08. The monoisotopic (exact) mass is 270 g/mol. The highest BCUT2D eigenvalue weighted by Gasteiger charge is 2.29. The number of pyridine rings is 1. The third-order valence-electron chi connectivity index (χ3n) is 3.97. The molecule has 3 rings (SSSR count). The molecule has 20 heavy (non-hydrogen) atoms. The molecule has 0 bridgehead atoms. The second-order valence-corrected chi connectivity index (χ2v) is 5.55. The van der Waals surface area contributed by atoms with Gasteiger partial charge in [-0.05, 0) is 37.0 Å². The van der Waals surface area contributed by atoms with Gasteiger partial charge in [0.25, 0.3) is 5.91 Å². The summed E-state index contributed by atoms with van der Waals surface area (Å²) >= 11 is 0. The Labute approximate surface area is 118 Å². The molecule has 1 heterocycles. The molecule has 0 spiro atoms. The van der Waals surface area contributed by atoms with E-state index in [0.717, 1.165) is 23.7 Å². The van der Waals surface area contributed by atoms with E-state index in [2.05, 4.69) is 4.98 Å². The number of hydrogen-bond acceptors (Lipinski definition) is 3. The molecular weight excluding hydrogens is 252 g/mol. The normalized spacial score (nSPS) is 21.5. The van der Waals surface area contributed by atoms with Crippen LogP contribution in [0.1, 0.15) is 23.2 Å². The Balaban J connectivity index is 1.81. The highest BCUT2D eigenvalue weighted by molar-refractivity contribution is 6.06. The fourth-order valence-corrected chi connectivity index (χ4v) is 2.82. The van der Waals surface area contributed by atoms with Crippen LogP contribution in [-0.2, 0) is 0 Å². The summed E-state index contributed by atoms with van der Waals surface area (Å²) in [5.74, 6) is 0.442. The van der Waals surface area contributed by atoms with Gasteiger partial charge in [-0.25, -0.2) is 0 Å². The van der Waals surface area contributed by atoms with Gasteiger partial charge in [-0.1, -0.05) is 12.1 Å². The largest absolute Gasteiger partial charge is 0.393 e. The number of amides is 1. The number of fused-ring (bicyclic) bond motifs is 1. The van der Waals surface area contributed by atoms with Crippen LogP contribution in [0, 0.1) is 5.92 Å². The molecule has 1 aliphatic carbocycles. The fourth-order valence-electron chi connectivity index (χ4n) is 2.82. The number of benzene rings is 1. The number of carbonyl (C=O) groups is 1. The number of aromatic nitrogens is 1. The summed E-state index contributed by atoms with van der Waals surface area (Å²) in [6.07, 6.45) is 3.16. The van der Waals surface area contributed by atoms with Crippen molar-refractivity contribution in [2.45, 2.75) is 18.9 Å². The minimum absolute atomic E-state index is 0.0185. The van der Waals surface area contributed by atoms with Crippen molar-refractivity contribution in [2.24, 2.45) is 5.92 Å². The van der Waals surface area contributed by atoms with E-state index in [0.29, 0.717) is 18.0 Å². The topological polar surface area (TPSA) is 53.4 Å². The molecule has 1 N–H and O–H groups in total. The minimum atomic E-state index is -0.176. The molecule has 0 saturated heterocycles. The van der Waals surface area contributed by atoms with Crippen LogP contribution in [0.25, 0.3) is 10.9 Å². The lowest BCUT2D eigenvalue weighted by atomic mass is 9.82. The molecule has 4 nitrogen and oxygen atoms in total. The Bertz CT molecular complexity index is 630. The molecule has 0 radical (unpaired) electrons. The van der Waals surface area contributed by atoms with Crippen LogP contribution in [0.15, 0.2) is 36.5 Å². The van der Waals surface area contributed by atoms with Gasteiger partial charge >= 0.3 is 0 Å². The standard InChI is InChI=1S/C16H18N2O2/c1-18(10-11-8-12(19)9-11)16(20)14-4-2-6-15-13(14)5-3-7-17-15/h2-7,11-12,19H,8-10H2,1H3. The maximum atomic E-state index is 12.6. The van der Waals surface area contributed by atoms with Crippen LogP contribution in [0.4, 0.5) is 0 Å². The zero-order chi connectivity index (χ0) is 14.1. The average molecular weight is 270 g/mol. The maximum absolute atomic E-state index is 12.6. The van der Waals surface area contributed by atoms with Crippen LogP contribution >= 0.6 is 0 Å². The van der Waals surface area contributed by atoms with E-state index in [1.807, 2.05) is 37.4 Å². The molecule has 0 unspecified atom stereocenters. The maximum Gasteiger partial charge on any atom is 0.254 e.